The lowest BCUT2D eigenvalue weighted by Crippen LogP contribution is -2.43. The highest BCUT2D eigenvalue weighted by molar-refractivity contribution is 8.13. The maximum Gasteiger partial charge on any atom is 0.241 e. The average Bonchev–Trinajstić information content (AvgIpc) is 3.13. The fraction of sp³-hybridized carbons (Fsp3) is 0.500. The Morgan fingerprint density at radius 3 is 2.64 bits per heavy atom. The van der Waals surface area contributed by atoms with Crippen LogP contribution in [0.1, 0.15) is 50.8 Å². The van der Waals surface area contributed by atoms with Crippen molar-refractivity contribution in [2.24, 2.45) is 10.1 Å². The largest absolute Gasteiger partial charge is 0.278 e. The zero-order valence-electron chi connectivity index (χ0n) is 14.4. The van der Waals surface area contributed by atoms with Crippen molar-refractivity contribution in [1.29, 1.82) is 0 Å². The van der Waals surface area contributed by atoms with E-state index in [-0.39, 0.29) is 17.6 Å². The van der Waals surface area contributed by atoms with E-state index in [2.05, 4.69) is 4.90 Å². The van der Waals surface area contributed by atoms with Crippen LogP contribution < -0.4 is 0 Å². The van der Waals surface area contributed by atoms with Crippen molar-refractivity contribution in [3.05, 3.63) is 34.9 Å². The zero-order chi connectivity index (χ0) is 17.6. The van der Waals surface area contributed by atoms with Gasteiger partial charge >= 0.3 is 0 Å². The number of thioether (sulfide) groups is 1. The molecule has 5 nitrogen and oxygen atoms in total. The van der Waals surface area contributed by atoms with Gasteiger partial charge in [0.05, 0.1) is 0 Å². The van der Waals surface area contributed by atoms with Gasteiger partial charge in [-0.2, -0.15) is 5.10 Å². The van der Waals surface area contributed by atoms with Crippen LogP contribution in [0, 0.1) is 0 Å². The van der Waals surface area contributed by atoms with E-state index in [1.54, 1.807) is 23.7 Å². The van der Waals surface area contributed by atoms with E-state index >= 15 is 0 Å². The molecule has 0 aromatic heterocycles. The minimum atomic E-state index is -0.353. The molecule has 1 fully saturated rings. The molecule has 1 spiro atoms. The number of hydrogen-bond acceptors (Lipinski definition) is 5. The molecule has 4 rings (SSSR count). The Bertz CT molecular complexity index is 772. The van der Waals surface area contributed by atoms with Crippen LogP contribution in [0.25, 0.3) is 0 Å². The summed E-state index contributed by atoms with van der Waals surface area (Å²) in [6, 6.07) is 7.66. The standard InChI is InChI=1S/C18H21ClN4OS/c1-12(24)23-15(13-8-4-5-9-14(13)19)22-16(21-23)18(20-17(22)25-2)10-6-3-7-11-18/h4-5,8-9,15H,3,6-7,10-11H2,1-2H3. The van der Waals surface area contributed by atoms with Crippen LogP contribution >= 0.6 is 23.4 Å². The van der Waals surface area contributed by atoms with Crippen LogP contribution in [0.2, 0.25) is 5.02 Å². The van der Waals surface area contributed by atoms with Gasteiger partial charge < -0.3 is 0 Å². The summed E-state index contributed by atoms with van der Waals surface area (Å²) < 4.78 is 0. The van der Waals surface area contributed by atoms with E-state index in [0.29, 0.717) is 5.02 Å². The van der Waals surface area contributed by atoms with Crippen LogP contribution in [0.4, 0.5) is 0 Å². The Balaban J connectivity index is 1.84. The lowest BCUT2D eigenvalue weighted by molar-refractivity contribution is -0.131. The molecule has 7 heteroatoms. The number of fused-ring (bicyclic) bond motifs is 2. The number of hydrogen-bond donors (Lipinski definition) is 0. The van der Waals surface area contributed by atoms with E-state index in [4.69, 9.17) is 21.7 Å². The van der Waals surface area contributed by atoms with Crippen molar-refractivity contribution >= 4 is 40.3 Å². The van der Waals surface area contributed by atoms with E-state index in [1.165, 1.54) is 6.42 Å². The van der Waals surface area contributed by atoms with Crippen LogP contribution in [0.3, 0.4) is 0 Å². The lowest BCUT2D eigenvalue weighted by Gasteiger charge is -2.31. The van der Waals surface area contributed by atoms with Crippen molar-refractivity contribution in [3.8, 4) is 0 Å². The van der Waals surface area contributed by atoms with Gasteiger partial charge in [0, 0.05) is 17.5 Å². The van der Waals surface area contributed by atoms with E-state index in [9.17, 15) is 4.79 Å². The molecular formula is C18H21ClN4OS. The maximum atomic E-state index is 12.3. The number of hydrazone groups is 1. The fourth-order valence-electron chi connectivity index (χ4n) is 4.04. The number of benzene rings is 1. The van der Waals surface area contributed by atoms with Crippen LogP contribution in [-0.4, -0.2) is 38.6 Å². The van der Waals surface area contributed by atoms with Gasteiger partial charge in [0.1, 0.15) is 5.54 Å². The molecule has 1 saturated carbocycles. The monoisotopic (exact) mass is 376 g/mol. The van der Waals surface area contributed by atoms with Gasteiger partial charge in [0.2, 0.25) is 5.91 Å². The number of halogens is 1. The maximum absolute atomic E-state index is 12.3. The fourth-order valence-corrected chi connectivity index (χ4v) is 4.93. The molecular weight excluding hydrogens is 356 g/mol. The second-order valence-electron chi connectivity index (χ2n) is 6.74. The summed E-state index contributed by atoms with van der Waals surface area (Å²) in [5.41, 5.74) is 0.605. The molecule has 0 radical (unpaired) electrons. The number of carbonyl (C=O) groups is 1. The van der Waals surface area contributed by atoms with Gasteiger partial charge in [-0.15, -0.1) is 0 Å². The summed E-state index contributed by atoms with van der Waals surface area (Å²) in [7, 11) is 0. The van der Waals surface area contributed by atoms with Crippen LogP contribution in [-0.2, 0) is 4.79 Å². The summed E-state index contributed by atoms with van der Waals surface area (Å²) in [4.78, 5) is 19.5. The molecule has 2 heterocycles. The topological polar surface area (TPSA) is 48.3 Å². The first-order valence-corrected chi connectivity index (χ1v) is 10.2. The molecule has 1 atom stereocenters. The molecule has 1 unspecified atom stereocenters. The molecule has 3 aliphatic rings. The van der Waals surface area contributed by atoms with Gasteiger partial charge in [-0.1, -0.05) is 60.8 Å². The molecule has 1 aliphatic carbocycles. The van der Waals surface area contributed by atoms with Gasteiger partial charge in [-0.3, -0.25) is 9.69 Å². The highest BCUT2D eigenvalue weighted by Gasteiger charge is 2.54. The minimum Gasteiger partial charge on any atom is -0.278 e. The first-order chi connectivity index (χ1) is 12.1. The molecule has 1 aromatic carbocycles. The summed E-state index contributed by atoms with van der Waals surface area (Å²) in [5.74, 6) is 0.829. The molecule has 1 aromatic rings. The Kier molecular flexibility index (Phi) is 4.28. The van der Waals surface area contributed by atoms with Crippen LogP contribution in [0.5, 0.6) is 0 Å². The third-order valence-electron chi connectivity index (χ3n) is 5.21. The summed E-state index contributed by atoms with van der Waals surface area (Å²) in [6.07, 6.45) is 7.19. The highest BCUT2D eigenvalue weighted by Crippen LogP contribution is 2.47. The SMILES string of the molecule is CSC1=NC2(CCCCC2)C2=NN(C(C)=O)C(c3ccccc3Cl)N12. The summed E-state index contributed by atoms with van der Waals surface area (Å²) in [5, 5.41) is 7.90. The molecule has 0 bridgehead atoms. The van der Waals surface area contributed by atoms with Crippen molar-refractivity contribution in [2.75, 3.05) is 6.26 Å². The first kappa shape index (κ1) is 16.9. The second kappa shape index (κ2) is 6.32. The second-order valence-corrected chi connectivity index (χ2v) is 7.92. The van der Waals surface area contributed by atoms with E-state index in [0.717, 1.165) is 42.3 Å². The highest BCUT2D eigenvalue weighted by atomic mass is 35.5. The average molecular weight is 377 g/mol. The lowest BCUT2D eigenvalue weighted by atomic mass is 9.81. The molecule has 0 N–H and O–H groups in total. The van der Waals surface area contributed by atoms with Gasteiger partial charge in [0.25, 0.3) is 0 Å². The molecule has 0 saturated heterocycles. The Labute approximate surface area is 157 Å². The summed E-state index contributed by atoms with van der Waals surface area (Å²) >= 11 is 8.08. The van der Waals surface area contributed by atoms with Crippen molar-refractivity contribution < 1.29 is 4.79 Å². The van der Waals surface area contributed by atoms with Crippen molar-refractivity contribution in [3.63, 3.8) is 0 Å². The number of aliphatic imine (C=N–C) groups is 1. The van der Waals surface area contributed by atoms with E-state index in [1.807, 2.05) is 30.5 Å². The smallest absolute Gasteiger partial charge is 0.241 e. The number of nitrogens with zero attached hydrogens (tertiary/aromatic N) is 4. The number of amidine groups is 2. The van der Waals surface area contributed by atoms with Gasteiger partial charge in [-0.25, -0.2) is 10.0 Å². The molecule has 25 heavy (non-hydrogen) atoms. The van der Waals surface area contributed by atoms with Crippen LogP contribution in [0.15, 0.2) is 34.4 Å². The van der Waals surface area contributed by atoms with Crippen molar-refractivity contribution in [2.45, 2.75) is 50.7 Å². The normalized spacial score (nSPS) is 24.4. The van der Waals surface area contributed by atoms with E-state index < -0.39 is 0 Å². The Morgan fingerprint density at radius 1 is 1.28 bits per heavy atom. The predicted molar refractivity (Wildman–Crippen MR) is 103 cm³/mol. The van der Waals surface area contributed by atoms with Gasteiger partial charge in [0.15, 0.2) is 17.2 Å². The molecule has 2 aliphatic heterocycles. The third kappa shape index (κ3) is 2.57. The molecule has 132 valence electrons. The molecule has 1 amide bonds. The van der Waals surface area contributed by atoms with Crippen molar-refractivity contribution in [1.82, 2.24) is 9.91 Å². The number of carbonyl (C=O) groups excluding carboxylic acids is 1. The quantitative estimate of drug-likeness (QED) is 0.736. The third-order valence-corrected chi connectivity index (χ3v) is 6.21. The number of rotatable bonds is 1. The predicted octanol–water partition coefficient (Wildman–Crippen LogP) is 4.25. The number of amides is 1. The zero-order valence-corrected chi connectivity index (χ0v) is 16.0. The van der Waals surface area contributed by atoms with Gasteiger partial charge in [-0.05, 0) is 25.2 Å². The minimum absolute atomic E-state index is 0.0850. The summed E-state index contributed by atoms with van der Waals surface area (Å²) in [6.45, 7) is 1.56. The Morgan fingerprint density at radius 2 is 2.00 bits per heavy atom. The Hall–Kier alpha value is -1.53. The first-order valence-electron chi connectivity index (χ1n) is 8.64.